The Bertz CT molecular complexity index is 788. The summed E-state index contributed by atoms with van der Waals surface area (Å²) >= 11 is 0. The van der Waals surface area contributed by atoms with Crippen molar-refractivity contribution in [2.75, 3.05) is 6.61 Å². The summed E-state index contributed by atoms with van der Waals surface area (Å²) < 4.78 is 44.0. The van der Waals surface area contributed by atoms with Gasteiger partial charge in [-0.15, -0.1) is 0 Å². The van der Waals surface area contributed by atoms with E-state index in [1.807, 2.05) is 4.57 Å². The Hall–Kier alpha value is -1.75. The molecule has 1 N–H and O–H groups in total. The van der Waals surface area contributed by atoms with Crippen molar-refractivity contribution >= 4 is 30.1 Å². The summed E-state index contributed by atoms with van der Waals surface area (Å²) in [5.74, 6) is -0.801. The van der Waals surface area contributed by atoms with Gasteiger partial charge in [-0.3, -0.25) is 4.57 Å². The molecule has 1 aromatic heterocycles. The number of aromatic nitrogens is 1. The van der Waals surface area contributed by atoms with Crippen molar-refractivity contribution in [2.45, 2.75) is 6.54 Å². The molecule has 3 rings (SSSR count). The highest BCUT2D eigenvalue weighted by molar-refractivity contribution is 7.32. The van der Waals surface area contributed by atoms with Gasteiger partial charge in [0.2, 0.25) is 0 Å². The van der Waals surface area contributed by atoms with Gasteiger partial charge in [0.1, 0.15) is 11.6 Å². The second-order valence-corrected chi connectivity index (χ2v) is 5.41. The SMILES string of the molecule is O=[PH](O)OCCn1c2ccc(F)cc2c2cc(F)ccc21. The third-order valence-corrected chi connectivity index (χ3v) is 3.78. The van der Waals surface area contributed by atoms with E-state index in [4.69, 9.17) is 9.42 Å². The summed E-state index contributed by atoms with van der Waals surface area (Å²) in [4.78, 5) is 8.70. The van der Waals surface area contributed by atoms with Crippen molar-refractivity contribution in [3.63, 3.8) is 0 Å². The van der Waals surface area contributed by atoms with Crippen LogP contribution in [0.5, 0.6) is 0 Å². The van der Waals surface area contributed by atoms with Gasteiger partial charge in [-0.2, -0.15) is 0 Å². The van der Waals surface area contributed by atoms with Crippen molar-refractivity contribution in [3.8, 4) is 0 Å². The fourth-order valence-electron chi connectivity index (χ4n) is 2.51. The molecule has 0 saturated heterocycles. The lowest BCUT2D eigenvalue weighted by Crippen LogP contribution is -2.03. The third-order valence-electron chi connectivity index (χ3n) is 3.33. The number of fused-ring (bicyclic) bond motifs is 3. The lowest BCUT2D eigenvalue weighted by molar-refractivity contribution is 0.271. The van der Waals surface area contributed by atoms with E-state index in [1.54, 1.807) is 12.1 Å². The molecular formula is C14H12F2NO3P. The number of benzene rings is 2. The maximum atomic E-state index is 13.4. The largest absolute Gasteiger partial charge is 0.338 e. The van der Waals surface area contributed by atoms with Crippen LogP contribution in [-0.4, -0.2) is 16.1 Å². The first-order valence-electron chi connectivity index (χ1n) is 6.29. The third kappa shape index (κ3) is 2.70. The van der Waals surface area contributed by atoms with E-state index in [0.29, 0.717) is 17.3 Å². The van der Waals surface area contributed by atoms with Crippen LogP contribution >= 0.6 is 8.25 Å². The molecular weight excluding hydrogens is 299 g/mol. The second kappa shape index (κ2) is 5.56. The molecule has 1 unspecified atom stereocenters. The van der Waals surface area contributed by atoms with Crippen LogP contribution in [0.25, 0.3) is 21.8 Å². The van der Waals surface area contributed by atoms with Crippen LogP contribution < -0.4 is 0 Å². The Morgan fingerprint density at radius 2 is 1.57 bits per heavy atom. The highest BCUT2D eigenvalue weighted by Crippen LogP contribution is 2.30. The lowest BCUT2D eigenvalue weighted by Gasteiger charge is -2.06. The standard InChI is InChI=1S/C14H12F2NO3P/c15-9-1-3-13-11(7-9)12-8-10(16)2-4-14(12)17(13)5-6-20-21(18)19/h1-4,7-8,21H,5-6H2,(H,18,19). The van der Waals surface area contributed by atoms with Gasteiger partial charge in [-0.05, 0) is 36.4 Å². The topological polar surface area (TPSA) is 51.5 Å². The average molecular weight is 311 g/mol. The molecule has 0 aliphatic rings. The minimum atomic E-state index is -2.99. The van der Waals surface area contributed by atoms with Crippen LogP contribution in [0.3, 0.4) is 0 Å². The summed E-state index contributed by atoms with van der Waals surface area (Å²) in [5, 5.41) is 1.20. The van der Waals surface area contributed by atoms with Crippen molar-refractivity contribution in [1.29, 1.82) is 0 Å². The van der Waals surface area contributed by atoms with Crippen molar-refractivity contribution in [1.82, 2.24) is 4.57 Å². The van der Waals surface area contributed by atoms with E-state index < -0.39 is 19.9 Å². The number of rotatable bonds is 4. The Morgan fingerprint density at radius 1 is 1.05 bits per heavy atom. The van der Waals surface area contributed by atoms with Gasteiger partial charge >= 0.3 is 8.25 Å². The monoisotopic (exact) mass is 311 g/mol. The second-order valence-electron chi connectivity index (χ2n) is 4.59. The van der Waals surface area contributed by atoms with E-state index >= 15 is 0 Å². The lowest BCUT2D eigenvalue weighted by atomic mass is 10.1. The molecule has 1 heterocycles. The summed E-state index contributed by atoms with van der Waals surface area (Å²) in [6, 6.07) is 8.55. The van der Waals surface area contributed by atoms with Crippen molar-refractivity contribution < 1.29 is 22.8 Å². The van der Waals surface area contributed by atoms with Gasteiger partial charge in [0.15, 0.2) is 0 Å². The normalized spacial score (nSPS) is 13.1. The molecule has 3 aromatic rings. The fraction of sp³-hybridized carbons (Fsp3) is 0.143. The number of hydrogen-bond acceptors (Lipinski definition) is 2. The van der Waals surface area contributed by atoms with Gasteiger partial charge in [0.05, 0.1) is 6.61 Å². The van der Waals surface area contributed by atoms with Gasteiger partial charge in [0.25, 0.3) is 0 Å². The maximum Gasteiger partial charge on any atom is 0.316 e. The number of halogens is 2. The van der Waals surface area contributed by atoms with Gasteiger partial charge in [-0.25, -0.2) is 8.78 Å². The minimum absolute atomic E-state index is 0.0436. The van der Waals surface area contributed by atoms with Crippen LogP contribution in [0.4, 0.5) is 8.78 Å². The van der Waals surface area contributed by atoms with E-state index in [1.165, 1.54) is 24.3 Å². The zero-order valence-corrected chi connectivity index (χ0v) is 11.8. The maximum absolute atomic E-state index is 13.4. The molecule has 0 saturated carbocycles. The van der Waals surface area contributed by atoms with Crippen LogP contribution in [0, 0.1) is 11.6 Å². The summed E-state index contributed by atoms with van der Waals surface area (Å²) in [6.45, 7) is 0.357. The van der Waals surface area contributed by atoms with Gasteiger partial charge < -0.3 is 14.0 Å². The predicted octanol–water partition coefficient (Wildman–Crippen LogP) is 3.47. The molecule has 7 heteroatoms. The first-order valence-corrected chi connectivity index (χ1v) is 7.55. The Balaban J connectivity index is 2.17. The van der Waals surface area contributed by atoms with Gasteiger partial charge in [-0.1, -0.05) is 0 Å². The summed E-state index contributed by atoms with van der Waals surface area (Å²) in [6.07, 6.45) is 0. The molecule has 1 atom stereocenters. The predicted molar refractivity (Wildman–Crippen MR) is 76.5 cm³/mol. The zero-order valence-electron chi connectivity index (χ0n) is 10.8. The first kappa shape index (κ1) is 14.2. The van der Waals surface area contributed by atoms with E-state index in [2.05, 4.69) is 0 Å². The highest BCUT2D eigenvalue weighted by atomic mass is 31.1. The first-order chi connectivity index (χ1) is 10.1. The average Bonchev–Trinajstić information content (AvgIpc) is 2.72. The van der Waals surface area contributed by atoms with Crippen molar-refractivity contribution in [2.24, 2.45) is 0 Å². The molecule has 0 radical (unpaired) electrons. The van der Waals surface area contributed by atoms with E-state index in [-0.39, 0.29) is 6.61 Å². The minimum Gasteiger partial charge on any atom is -0.338 e. The Morgan fingerprint density at radius 3 is 2.05 bits per heavy atom. The van der Waals surface area contributed by atoms with Crippen LogP contribution in [0.15, 0.2) is 36.4 Å². The summed E-state index contributed by atoms with van der Waals surface area (Å²) in [5.41, 5.74) is 1.44. The molecule has 0 fully saturated rings. The molecule has 0 aliphatic heterocycles. The molecule has 0 amide bonds. The van der Waals surface area contributed by atoms with Gasteiger partial charge in [0, 0.05) is 28.4 Å². The smallest absolute Gasteiger partial charge is 0.316 e. The molecule has 0 spiro atoms. The number of hydrogen-bond donors (Lipinski definition) is 1. The molecule has 21 heavy (non-hydrogen) atoms. The Kier molecular flexibility index (Phi) is 3.76. The van der Waals surface area contributed by atoms with Crippen LogP contribution in [-0.2, 0) is 15.6 Å². The van der Waals surface area contributed by atoms with E-state index in [9.17, 15) is 13.3 Å². The van der Waals surface area contributed by atoms with E-state index in [0.717, 1.165) is 11.0 Å². The molecule has 2 aromatic carbocycles. The van der Waals surface area contributed by atoms with Crippen LogP contribution in [0.2, 0.25) is 0 Å². The highest BCUT2D eigenvalue weighted by Gasteiger charge is 2.12. The number of nitrogens with zero attached hydrogens (tertiary/aromatic N) is 1. The molecule has 0 aliphatic carbocycles. The fourth-order valence-corrected chi connectivity index (χ4v) is 2.78. The molecule has 4 nitrogen and oxygen atoms in total. The molecule has 110 valence electrons. The zero-order chi connectivity index (χ0) is 15.0. The Labute approximate surface area is 119 Å². The van der Waals surface area contributed by atoms with Crippen LogP contribution in [0.1, 0.15) is 0 Å². The quantitative estimate of drug-likeness (QED) is 0.751. The van der Waals surface area contributed by atoms with Crippen molar-refractivity contribution in [3.05, 3.63) is 48.0 Å². The molecule has 0 bridgehead atoms. The summed E-state index contributed by atoms with van der Waals surface area (Å²) in [7, 11) is -2.99.